The molecular weight excluding hydrogens is 348 g/mol. The van der Waals surface area contributed by atoms with Crippen LogP contribution in [0.2, 0.25) is 0 Å². The second-order valence-corrected chi connectivity index (χ2v) is 7.40. The number of aryl methyl sites for hydroxylation is 1. The van der Waals surface area contributed by atoms with Gasteiger partial charge in [-0.15, -0.1) is 0 Å². The van der Waals surface area contributed by atoms with Crippen molar-refractivity contribution in [2.45, 2.75) is 38.0 Å². The molecule has 4 nitrogen and oxygen atoms in total. The maximum Gasteiger partial charge on any atom is 0.248 e. The van der Waals surface area contributed by atoms with Gasteiger partial charge in [-0.05, 0) is 30.4 Å². The van der Waals surface area contributed by atoms with Crippen LogP contribution >= 0.6 is 0 Å². The minimum absolute atomic E-state index is 0.0140. The molecule has 0 N–H and O–H groups in total. The molecule has 140 valence electrons. The maximum absolute atomic E-state index is 13.3. The summed E-state index contributed by atoms with van der Waals surface area (Å²) in [6.45, 7) is 0. The van der Waals surface area contributed by atoms with Crippen molar-refractivity contribution in [1.29, 1.82) is 0 Å². The summed E-state index contributed by atoms with van der Waals surface area (Å²) >= 11 is 0. The third-order valence-corrected chi connectivity index (χ3v) is 5.42. The average Bonchev–Trinajstić information content (AvgIpc) is 3.07. The van der Waals surface area contributed by atoms with Crippen LogP contribution in [-0.2, 0) is 18.3 Å². The molecule has 0 spiro atoms. The Bertz CT molecular complexity index is 986. The van der Waals surface area contributed by atoms with E-state index >= 15 is 0 Å². The number of pyridine rings is 1. The zero-order valence-electron chi connectivity index (χ0n) is 15.2. The molecule has 3 aromatic rings. The minimum Gasteiger partial charge on any atom is -0.334 e. The molecule has 2 heterocycles. The van der Waals surface area contributed by atoms with Crippen molar-refractivity contribution in [2.24, 2.45) is 13.0 Å². The van der Waals surface area contributed by atoms with Crippen molar-refractivity contribution in [3.8, 4) is 11.3 Å². The summed E-state index contributed by atoms with van der Waals surface area (Å²) in [5.74, 6) is -2.87. The van der Waals surface area contributed by atoms with Gasteiger partial charge in [-0.25, -0.2) is 13.8 Å². The molecule has 0 amide bonds. The number of hydrogen-bond donors (Lipinski definition) is 0. The van der Waals surface area contributed by atoms with Crippen molar-refractivity contribution in [2.75, 3.05) is 0 Å². The number of benzene rings is 1. The van der Waals surface area contributed by atoms with E-state index in [1.165, 1.54) is 0 Å². The van der Waals surface area contributed by atoms with E-state index in [0.717, 1.165) is 22.0 Å². The van der Waals surface area contributed by atoms with Gasteiger partial charge in [0, 0.05) is 55.1 Å². The Labute approximate surface area is 156 Å². The van der Waals surface area contributed by atoms with Crippen LogP contribution in [0.15, 0.2) is 43.0 Å². The standard InChI is InChI=1S/C21H21F2N3O/c1-26-13-24-12-19(26)15-2-3-16-11-25-18(9-17(16)8-15)10-20(27)14-4-6-21(22,23)7-5-14/h2-3,8-9,11-14H,4-7,10H2,1H3. The van der Waals surface area contributed by atoms with Crippen LogP contribution < -0.4 is 0 Å². The van der Waals surface area contributed by atoms with Crippen LogP contribution in [0.1, 0.15) is 31.4 Å². The lowest BCUT2D eigenvalue weighted by molar-refractivity contribution is -0.126. The molecule has 1 aliphatic rings. The first-order chi connectivity index (χ1) is 12.9. The fourth-order valence-corrected chi connectivity index (χ4v) is 3.76. The molecule has 0 saturated heterocycles. The number of imidazole rings is 1. The highest BCUT2D eigenvalue weighted by molar-refractivity contribution is 5.88. The number of carbonyl (C=O) groups excluding carboxylic acids is 1. The number of rotatable bonds is 4. The highest BCUT2D eigenvalue weighted by atomic mass is 19.3. The third-order valence-electron chi connectivity index (χ3n) is 5.42. The van der Waals surface area contributed by atoms with Gasteiger partial charge in [0.15, 0.2) is 0 Å². The van der Waals surface area contributed by atoms with Crippen LogP contribution in [0.5, 0.6) is 0 Å². The molecule has 0 atom stereocenters. The first-order valence-electron chi connectivity index (χ1n) is 9.17. The molecule has 1 saturated carbocycles. The van der Waals surface area contributed by atoms with Gasteiger partial charge in [0.05, 0.1) is 18.2 Å². The summed E-state index contributed by atoms with van der Waals surface area (Å²) in [5.41, 5.74) is 2.74. The van der Waals surface area contributed by atoms with Crippen LogP contribution in [0.4, 0.5) is 8.78 Å². The molecule has 0 bridgehead atoms. The van der Waals surface area contributed by atoms with Gasteiger partial charge in [-0.2, -0.15) is 0 Å². The van der Waals surface area contributed by atoms with E-state index in [-0.39, 0.29) is 43.8 Å². The molecule has 2 aromatic heterocycles. The minimum atomic E-state index is -2.61. The number of aromatic nitrogens is 3. The largest absolute Gasteiger partial charge is 0.334 e. The van der Waals surface area contributed by atoms with Crippen molar-refractivity contribution >= 4 is 16.6 Å². The predicted molar refractivity (Wildman–Crippen MR) is 99.6 cm³/mol. The molecule has 0 radical (unpaired) electrons. The highest BCUT2D eigenvalue weighted by Crippen LogP contribution is 2.36. The molecule has 1 aliphatic carbocycles. The monoisotopic (exact) mass is 369 g/mol. The summed E-state index contributed by atoms with van der Waals surface area (Å²) in [6, 6.07) is 8.00. The van der Waals surface area contributed by atoms with Gasteiger partial charge in [-0.1, -0.05) is 12.1 Å². The van der Waals surface area contributed by atoms with E-state index in [1.54, 1.807) is 12.5 Å². The Hall–Kier alpha value is -2.63. The lowest BCUT2D eigenvalue weighted by Gasteiger charge is -2.27. The van der Waals surface area contributed by atoms with Gasteiger partial charge >= 0.3 is 0 Å². The average molecular weight is 369 g/mol. The molecular formula is C21H21F2N3O. The Morgan fingerprint density at radius 1 is 1.19 bits per heavy atom. The molecule has 6 heteroatoms. The number of alkyl halides is 2. The van der Waals surface area contributed by atoms with Crippen molar-refractivity contribution in [3.05, 3.63) is 48.7 Å². The number of nitrogens with zero attached hydrogens (tertiary/aromatic N) is 3. The summed E-state index contributed by atoms with van der Waals surface area (Å²) in [4.78, 5) is 21.1. The lowest BCUT2D eigenvalue weighted by atomic mass is 9.83. The first kappa shape index (κ1) is 17.8. The summed E-state index contributed by atoms with van der Waals surface area (Å²) in [7, 11) is 1.94. The van der Waals surface area contributed by atoms with Crippen LogP contribution in [0.3, 0.4) is 0 Å². The van der Waals surface area contributed by atoms with Crippen LogP contribution in [-0.4, -0.2) is 26.2 Å². The second-order valence-electron chi connectivity index (χ2n) is 7.40. The van der Waals surface area contributed by atoms with E-state index < -0.39 is 5.92 Å². The van der Waals surface area contributed by atoms with E-state index in [4.69, 9.17) is 0 Å². The third kappa shape index (κ3) is 3.75. The fraction of sp³-hybridized carbons (Fsp3) is 0.381. The Morgan fingerprint density at radius 2 is 1.96 bits per heavy atom. The lowest BCUT2D eigenvalue weighted by Crippen LogP contribution is -2.29. The molecule has 1 aromatic carbocycles. The Balaban J connectivity index is 1.54. The van der Waals surface area contributed by atoms with Crippen LogP contribution in [0.25, 0.3) is 22.0 Å². The van der Waals surface area contributed by atoms with Gasteiger partial charge in [0.25, 0.3) is 0 Å². The number of halogens is 2. The second kappa shape index (κ2) is 6.83. The number of fused-ring (bicyclic) bond motifs is 1. The first-order valence-corrected chi connectivity index (χ1v) is 9.17. The highest BCUT2D eigenvalue weighted by Gasteiger charge is 2.37. The van der Waals surface area contributed by atoms with Crippen LogP contribution in [0, 0.1) is 5.92 Å². The van der Waals surface area contributed by atoms with Gasteiger partial charge in [0.1, 0.15) is 5.78 Å². The number of Topliss-reactive ketones (excluding diaryl/α,β-unsaturated/α-hetero) is 1. The summed E-state index contributed by atoms with van der Waals surface area (Å²) in [6.07, 6.45) is 5.68. The number of ketones is 1. The number of carbonyl (C=O) groups is 1. The van der Waals surface area contributed by atoms with Gasteiger partial charge in [0.2, 0.25) is 5.92 Å². The van der Waals surface area contributed by atoms with E-state index in [9.17, 15) is 13.6 Å². The molecule has 1 fully saturated rings. The quantitative estimate of drug-likeness (QED) is 0.677. The predicted octanol–water partition coefficient (Wildman–Crippen LogP) is 4.57. The Kier molecular flexibility index (Phi) is 4.50. The SMILES string of the molecule is Cn1cncc1-c1ccc2cnc(CC(=O)C3CCC(F)(F)CC3)cc2c1. The number of hydrogen-bond acceptors (Lipinski definition) is 3. The van der Waals surface area contributed by atoms with Crippen molar-refractivity contribution in [1.82, 2.24) is 14.5 Å². The van der Waals surface area contributed by atoms with Gasteiger partial charge in [-0.3, -0.25) is 9.78 Å². The van der Waals surface area contributed by atoms with Crippen molar-refractivity contribution < 1.29 is 13.6 Å². The molecule has 4 rings (SSSR count). The van der Waals surface area contributed by atoms with E-state index in [0.29, 0.717) is 5.69 Å². The Morgan fingerprint density at radius 3 is 2.67 bits per heavy atom. The fourth-order valence-electron chi connectivity index (χ4n) is 3.76. The topological polar surface area (TPSA) is 47.8 Å². The summed E-state index contributed by atoms with van der Waals surface area (Å²) in [5, 5.41) is 2.00. The van der Waals surface area contributed by atoms with Crippen molar-refractivity contribution in [3.63, 3.8) is 0 Å². The maximum atomic E-state index is 13.3. The molecule has 0 unspecified atom stereocenters. The molecule has 27 heavy (non-hydrogen) atoms. The zero-order valence-corrected chi connectivity index (χ0v) is 15.2. The molecule has 0 aliphatic heterocycles. The van der Waals surface area contributed by atoms with Gasteiger partial charge < -0.3 is 4.57 Å². The normalized spacial score (nSPS) is 17.3. The zero-order chi connectivity index (χ0) is 19.0. The van der Waals surface area contributed by atoms with E-state index in [2.05, 4.69) is 16.0 Å². The smallest absolute Gasteiger partial charge is 0.248 e. The van der Waals surface area contributed by atoms with E-state index in [1.807, 2.05) is 36.0 Å². The summed E-state index contributed by atoms with van der Waals surface area (Å²) < 4.78 is 28.5.